The van der Waals surface area contributed by atoms with Gasteiger partial charge in [-0.15, -0.1) is 0 Å². The van der Waals surface area contributed by atoms with E-state index in [1.165, 1.54) is 4.90 Å². The van der Waals surface area contributed by atoms with Crippen LogP contribution in [0, 0.1) is 0 Å². The van der Waals surface area contributed by atoms with Crippen LogP contribution in [0.15, 0.2) is 56.3 Å². The number of nitrogens with zero attached hydrogens (tertiary/aromatic N) is 2. The number of carbonyl (C=O) groups excluding carboxylic acids is 2. The maximum atomic E-state index is 12.8. The average Bonchev–Trinajstić information content (AvgIpc) is 3.02. The van der Waals surface area contributed by atoms with Crippen LogP contribution < -0.4 is 16.8 Å². The number of furan rings is 1. The maximum Gasteiger partial charge on any atom is 0.293 e. The molecular weight excluding hydrogens is 450 g/mol. The van der Waals surface area contributed by atoms with Crippen LogP contribution in [0.1, 0.15) is 29.5 Å². The molecule has 1 aromatic heterocycles. The van der Waals surface area contributed by atoms with Gasteiger partial charge in [0.2, 0.25) is 11.7 Å². The molecule has 2 heterocycles. The molecule has 9 heteroatoms. The molecular formula is C21H20BrN5O3. The molecule has 5 N–H and O–H groups in total. The number of anilines is 2. The summed E-state index contributed by atoms with van der Waals surface area (Å²) in [5.74, 6) is -0.397. The number of halogens is 1. The van der Waals surface area contributed by atoms with Crippen molar-refractivity contribution < 1.29 is 14.0 Å². The predicted octanol–water partition coefficient (Wildman–Crippen LogP) is 3.42. The summed E-state index contributed by atoms with van der Waals surface area (Å²) in [6.45, 7) is 1.83. The Morgan fingerprint density at radius 1 is 1.27 bits per heavy atom. The topological polar surface area (TPSA) is 127 Å². The van der Waals surface area contributed by atoms with E-state index in [9.17, 15) is 9.59 Å². The summed E-state index contributed by atoms with van der Waals surface area (Å²) in [5.41, 5.74) is 13.3. The van der Waals surface area contributed by atoms with Crippen LogP contribution in [-0.2, 0) is 10.3 Å². The number of carbonyl (C=O) groups is 2. The summed E-state index contributed by atoms with van der Waals surface area (Å²) < 4.78 is 6.48. The summed E-state index contributed by atoms with van der Waals surface area (Å²) in [4.78, 5) is 30.9. The monoisotopic (exact) mass is 469 g/mol. The minimum absolute atomic E-state index is 0.0384. The predicted molar refractivity (Wildman–Crippen MR) is 119 cm³/mol. The zero-order valence-corrected chi connectivity index (χ0v) is 18.0. The fourth-order valence-electron chi connectivity index (χ4n) is 3.45. The number of nitrogen functional groups attached to an aromatic ring is 1. The van der Waals surface area contributed by atoms with Crippen molar-refractivity contribution in [3.8, 4) is 0 Å². The first kappa shape index (κ1) is 20.0. The standard InChI is InChI=1S/C21H20BrN5O3/c1-21(10-16(28)27(2)20(24)26-21)11-4-3-5-13(8-11)25-19(29)18-17(23)14-9-12(22)6-7-15(14)30-18/h3-9H,10,23H2,1-2H3,(H2,24,26)(H,25,29). The van der Waals surface area contributed by atoms with Gasteiger partial charge in [-0.05, 0) is 42.8 Å². The molecule has 1 aliphatic heterocycles. The fraction of sp³-hybridized carbons (Fsp3) is 0.190. The lowest BCUT2D eigenvalue weighted by Gasteiger charge is -2.33. The van der Waals surface area contributed by atoms with E-state index in [2.05, 4.69) is 26.2 Å². The zero-order chi connectivity index (χ0) is 21.6. The first-order valence-corrected chi connectivity index (χ1v) is 9.98. The molecule has 3 aromatic rings. The maximum absolute atomic E-state index is 12.8. The molecule has 0 spiro atoms. The quantitative estimate of drug-likeness (QED) is 0.541. The van der Waals surface area contributed by atoms with E-state index < -0.39 is 11.4 Å². The van der Waals surface area contributed by atoms with Crippen molar-refractivity contribution in [1.82, 2.24) is 4.90 Å². The molecule has 8 nitrogen and oxygen atoms in total. The third-order valence-corrected chi connectivity index (χ3v) is 5.70. The van der Waals surface area contributed by atoms with E-state index in [0.29, 0.717) is 16.7 Å². The highest BCUT2D eigenvalue weighted by atomic mass is 79.9. The van der Waals surface area contributed by atoms with Gasteiger partial charge in [0, 0.05) is 22.6 Å². The second-order valence-corrected chi connectivity index (χ2v) is 8.31. The lowest BCUT2D eigenvalue weighted by Crippen LogP contribution is -2.47. The van der Waals surface area contributed by atoms with E-state index in [4.69, 9.17) is 15.9 Å². The molecule has 0 radical (unpaired) electrons. The molecule has 30 heavy (non-hydrogen) atoms. The van der Waals surface area contributed by atoms with E-state index in [1.807, 2.05) is 19.1 Å². The van der Waals surface area contributed by atoms with E-state index in [-0.39, 0.29) is 29.7 Å². The number of hydrogen-bond acceptors (Lipinski definition) is 6. The van der Waals surface area contributed by atoms with Crippen molar-refractivity contribution in [2.45, 2.75) is 18.9 Å². The Morgan fingerprint density at radius 2 is 2.03 bits per heavy atom. The number of nitrogens with two attached hydrogens (primary N) is 2. The molecule has 1 unspecified atom stereocenters. The summed E-state index contributed by atoms with van der Waals surface area (Å²) in [6.07, 6.45) is 0.174. The Kier molecular flexibility index (Phi) is 4.77. The Morgan fingerprint density at radius 3 is 2.77 bits per heavy atom. The zero-order valence-electron chi connectivity index (χ0n) is 16.4. The van der Waals surface area contributed by atoms with E-state index >= 15 is 0 Å². The van der Waals surface area contributed by atoms with Crippen LogP contribution in [0.25, 0.3) is 11.0 Å². The molecule has 0 saturated heterocycles. The number of aliphatic imine (C=N–C) groups is 1. The lowest BCUT2D eigenvalue weighted by atomic mass is 9.87. The van der Waals surface area contributed by atoms with Crippen LogP contribution in [0.3, 0.4) is 0 Å². The SMILES string of the molecule is CN1C(=O)CC(C)(c2cccc(NC(=O)c3oc4ccc(Br)cc4c3N)c2)N=C1N. The van der Waals surface area contributed by atoms with Gasteiger partial charge in [-0.3, -0.25) is 14.5 Å². The number of rotatable bonds is 3. The van der Waals surface area contributed by atoms with E-state index in [0.717, 1.165) is 10.0 Å². The molecule has 154 valence electrons. The van der Waals surface area contributed by atoms with Gasteiger partial charge >= 0.3 is 0 Å². The summed E-state index contributed by atoms with van der Waals surface area (Å²) >= 11 is 3.39. The van der Waals surface area contributed by atoms with Gasteiger partial charge in [0.1, 0.15) is 5.58 Å². The van der Waals surface area contributed by atoms with Gasteiger partial charge < -0.3 is 21.2 Å². The van der Waals surface area contributed by atoms with Crippen molar-refractivity contribution in [1.29, 1.82) is 0 Å². The Bertz CT molecular complexity index is 1220. The van der Waals surface area contributed by atoms with Crippen LogP contribution in [-0.4, -0.2) is 29.7 Å². The fourth-order valence-corrected chi connectivity index (χ4v) is 3.81. The van der Waals surface area contributed by atoms with Gasteiger partial charge in [0.05, 0.1) is 17.6 Å². The largest absolute Gasteiger partial charge is 0.449 e. The van der Waals surface area contributed by atoms with Crippen LogP contribution in [0.5, 0.6) is 0 Å². The first-order chi connectivity index (χ1) is 14.2. The van der Waals surface area contributed by atoms with Crippen molar-refractivity contribution in [2.75, 3.05) is 18.1 Å². The van der Waals surface area contributed by atoms with Gasteiger partial charge in [0.15, 0.2) is 5.96 Å². The lowest BCUT2D eigenvalue weighted by molar-refractivity contribution is -0.128. The number of hydrogen-bond donors (Lipinski definition) is 3. The molecule has 1 aliphatic rings. The molecule has 0 fully saturated rings. The van der Waals surface area contributed by atoms with Crippen LogP contribution in [0.4, 0.5) is 11.4 Å². The van der Waals surface area contributed by atoms with Gasteiger partial charge in [-0.1, -0.05) is 28.1 Å². The van der Waals surface area contributed by atoms with Crippen molar-refractivity contribution in [2.24, 2.45) is 10.7 Å². The van der Waals surface area contributed by atoms with Crippen LogP contribution in [0.2, 0.25) is 0 Å². The highest BCUT2D eigenvalue weighted by Crippen LogP contribution is 2.35. The van der Waals surface area contributed by atoms with Crippen LogP contribution >= 0.6 is 15.9 Å². The third kappa shape index (κ3) is 3.41. The first-order valence-electron chi connectivity index (χ1n) is 9.19. The number of amides is 2. The minimum Gasteiger partial charge on any atom is -0.449 e. The minimum atomic E-state index is -0.820. The molecule has 0 saturated carbocycles. The highest BCUT2D eigenvalue weighted by molar-refractivity contribution is 9.10. The number of guanidine groups is 1. The molecule has 2 amide bonds. The highest BCUT2D eigenvalue weighted by Gasteiger charge is 2.36. The molecule has 1 atom stereocenters. The molecule has 0 bridgehead atoms. The average molecular weight is 470 g/mol. The summed E-state index contributed by atoms with van der Waals surface area (Å²) in [7, 11) is 1.59. The molecule has 0 aliphatic carbocycles. The Hall–Kier alpha value is -3.33. The second-order valence-electron chi connectivity index (χ2n) is 7.39. The molecule has 4 rings (SSSR count). The number of fused-ring (bicyclic) bond motifs is 1. The normalized spacial score (nSPS) is 19.1. The van der Waals surface area contributed by atoms with Gasteiger partial charge in [0.25, 0.3) is 5.91 Å². The van der Waals surface area contributed by atoms with Crippen molar-refractivity contribution >= 4 is 56.0 Å². The second kappa shape index (κ2) is 7.17. The third-order valence-electron chi connectivity index (χ3n) is 5.21. The van der Waals surface area contributed by atoms with Gasteiger partial charge in [-0.25, -0.2) is 4.99 Å². The number of benzene rings is 2. The van der Waals surface area contributed by atoms with Crippen molar-refractivity contribution in [3.05, 3.63) is 58.3 Å². The smallest absolute Gasteiger partial charge is 0.293 e. The van der Waals surface area contributed by atoms with Gasteiger partial charge in [-0.2, -0.15) is 0 Å². The van der Waals surface area contributed by atoms with Crippen molar-refractivity contribution in [3.63, 3.8) is 0 Å². The van der Waals surface area contributed by atoms with E-state index in [1.54, 1.807) is 37.4 Å². The summed E-state index contributed by atoms with van der Waals surface area (Å²) in [6, 6.07) is 12.5. The summed E-state index contributed by atoms with van der Waals surface area (Å²) in [5, 5.41) is 3.46. The Balaban J connectivity index is 1.63. The molecule has 2 aromatic carbocycles. The Labute approximate surface area is 181 Å². The number of nitrogens with one attached hydrogen (secondary N) is 1.